The predicted molar refractivity (Wildman–Crippen MR) is 84.6 cm³/mol. The van der Waals surface area contributed by atoms with E-state index in [4.69, 9.17) is 9.47 Å². The van der Waals surface area contributed by atoms with E-state index in [2.05, 4.69) is 5.32 Å². The number of ketones is 1. The highest BCUT2D eigenvalue weighted by Gasteiger charge is 2.31. The van der Waals surface area contributed by atoms with Gasteiger partial charge in [-0.15, -0.1) is 0 Å². The number of halogens is 1. The average Bonchev–Trinajstić information content (AvgIpc) is 2.60. The van der Waals surface area contributed by atoms with Gasteiger partial charge in [0.15, 0.2) is 11.9 Å². The zero-order valence-electron chi connectivity index (χ0n) is 13.0. The molecule has 0 radical (unpaired) electrons. The maximum Gasteiger partial charge on any atom is 0.261 e. The monoisotopic (exact) mass is 329 g/mol. The number of amides is 1. The average molecular weight is 329 g/mol. The van der Waals surface area contributed by atoms with Crippen LogP contribution in [0.4, 0.5) is 4.39 Å². The Balaban J connectivity index is 1.63. The lowest BCUT2D eigenvalue weighted by molar-refractivity contribution is -0.128. The van der Waals surface area contributed by atoms with Gasteiger partial charge >= 0.3 is 0 Å². The number of hydrogen-bond acceptors (Lipinski definition) is 4. The number of rotatable bonds is 4. The number of carbonyl (C=O) groups excluding carboxylic acids is 2. The first-order valence-corrected chi connectivity index (χ1v) is 7.47. The van der Waals surface area contributed by atoms with Crippen LogP contribution in [0.25, 0.3) is 0 Å². The molecule has 1 aliphatic rings. The lowest BCUT2D eigenvalue weighted by atomic mass is 10.00. The lowest BCUT2D eigenvalue weighted by Gasteiger charge is -2.24. The molecule has 5 nitrogen and oxygen atoms in total. The van der Waals surface area contributed by atoms with E-state index in [1.54, 1.807) is 19.2 Å². The van der Waals surface area contributed by atoms with Gasteiger partial charge in [-0.2, -0.15) is 0 Å². The summed E-state index contributed by atoms with van der Waals surface area (Å²) in [5.74, 6) is -0.227. The van der Waals surface area contributed by atoms with Crippen LogP contribution in [0.15, 0.2) is 42.5 Å². The number of fused-ring (bicyclic) bond motifs is 1. The van der Waals surface area contributed by atoms with Gasteiger partial charge in [-0.1, -0.05) is 12.1 Å². The molecule has 24 heavy (non-hydrogen) atoms. The standard InChI is InChI=1S/C18H16FNO4/c1-23-13-5-2-11(3-6-13)10-20-18(22)17-9-15(21)14-8-12(19)4-7-16(14)24-17/h2-8,17H,9-10H2,1H3,(H,20,22). The van der Waals surface area contributed by atoms with Gasteiger partial charge in [0.2, 0.25) is 0 Å². The largest absolute Gasteiger partial charge is 0.497 e. The van der Waals surface area contributed by atoms with E-state index in [0.717, 1.165) is 17.4 Å². The summed E-state index contributed by atoms with van der Waals surface area (Å²) in [4.78, 5) is 24.3. The van der Waals surface area contributed by atoms with Crippen molar-refractivity contribution in [2.75, 3.05) is 7.11 Å². The Morgan fingerprint density at radius 2 is 2.04 bits per heavy atom. The fourth-order valence-corrected chi connectivity index (χ4v) is 2.49. The third-order valence-corrected chi connectivity index (χ3v) is 3.80. The fraction of sp³-hybridized carbons (Fsp3) is 0.222. The molecule has 2 aromatic rings. The molecule has 1 aliphatic heterocycles. The Kier molecular flexibility index (Phi) is 4.46. The number of methoxy groups -OCH3 is 1. The van der Waals surface area contributed by atoms with E-state index in [-0.39, 0.29) is 29.4 Å². The maximum atomic E-state index is 13.2. The summed E-state index contributed by atoms with van der Waals surface area (Å²) < 4.78 is 23.8. The quantitative estimate of drug-likeness (QED) is 0.936. The minimum Gasteiger partial charge on any atom is -0.497 e. The van der Waals surface area contributed by atoms with Gasteiger partial charge in [-0.25, -0.2) is 4.39 Å². The molecule has 0 saturated heterocycles. The van der Waals surface area contributed by atoms with Crippen LogP contribution < -0.4 is 14.8 Å². The van der Waals surface area contributed by atoms with Gasteiger partial charge in [-0.3, -0.25) is 9.59 Å². The fourth-order valence-electron chi connectivity index (χ4n) is 2.49. The number of Topliss-reactive ketones (excluding diaryl/α,β-unsaturated/α-hetero) is 1. The zero-order valence-corrected chi connectivity index (χ0v) is 13.0. The molecule has 1 N–H and O–H groups in total. The molecular formula is C18H16FNO4. The van der Waals surface area contributed by atoms with Crippen LogP contribution in [0.1, 0.15) is 22.3 Å². The molecule has 1 atom stereocenters. The Labute approximate surface area is 138 Å². The maximum absolute atomic E-state index is 13.2. The first kappa shape index (κ1) is 16.0. The number of hydrogen-bond donors (Lipinski definition) is 1. The molecule has 1 unspecified atom stereocenters. The zero-order chi connectivity index (χ0) is 17.1. The van der Waals surface area contributed by atoms with Crippen LogP contribution in [0.2, 0.25) is 0 Å². The number of ether oxygens (including phenoxy) is 2. The highest BCUT2D eigenvalue weighted by atomic mass is 19.1. The molecule has 2 aromatic carbocycles. The summed E-state index contributed by atoms with van der Waals surface area (Å²) in [6.45, 7) is 0.313. The Hall–Kier alpha value is -2.89. The normalized spacial score (nSPS) is 16.1. The van der Waals surface area contributed by atoms with Gasteiger partial charge in [-0.05, 0) is 35.9 Å². The minimum atomic E-state index is -0.909. The highest BCUT2D eigenvalue weighted by Crippen LogP contribution is 2.28. The second kappa shape index (κ2) is 6.70. The van der Waals surface area contributed by atoms with Crippen molar-refractivity contribution >= 4 is 11.7 Å². The van der Waals surface area contributed by atoms with Crippen molar-refractivity contribution in [3.8, 4) is 11.5 Å². The van der Waals surface area contributed by atoms with Crippen LogP contribution in [-0.2, 0) is 11.3 Å². The van der Waals surface area contributed by atoms with Gasteiger partial charge < -0.3 is 14.8 Å². The van der Waals surface area contributed by atoms with Gasteiger partial charge in [0.1, 0.15) is 17.3 Å². The van der Waals surface area contributed by atoms with Crippen molar-refractivity contribution in [3.05, 3.63) is 59.4 Å². The molecule has 0 aliphatic carbocycles. The Morgan fingerprint density at radius 1 is 1.29 bits per heavy atom. The SMILES string of the molecule is COc1ccc(CNC(=O)C2CC(=O)c3cc(F)ccc3O2)cc1. The van der Waals surface area contributed by atoms with E-state index < -0.39 is 11.9 Å². The van der Waals surface area contributed by atoms with E-state index >= 15 is 0 Å². The van der Waals surface area contributed by atoms with Crippen molar-refractivity contribution < 1.29 is 23.5 Å². The topological polar surface area (TPSA) is 64.6 Å². The molecule has 6 heteroatoms. The van der Waals surface area contributed by atoms with E-state index in [1.165, 1.54) is 12.1 Å². The summed E-state index contributed by atoms with van der Waals surface area (Å²) in [6.07, 6.45) is -1.01. The third kappa shape index (κ3) is 3.37. The van der Waals surface area contributed by atoms with E-state index in [9.17, 15) is 14.0 Å². The molecule has 0 spiro atoms. The third-order valence-electron chi connectivity index (χ3n) is 3.80. The summed E-state index contributed by atoms with van der Waals surface area (Å²) in [5, 5.41) is 2.74. The molecule has 0 bridgehead atoms. The van der Waals surface area contributed by atoms with Gasteiger partial charge in [0, 0.05) is 6.54 Å². The molecule has 0 aromatic heterocycles. The predicted octanol–water partition coefficient (Wildman–Crippen LogP) is 2.48. The first-order valence-electron chi connectivity index (χ1n) is 7.47. The molecule has 124 valence electrons. The molecule has 1 heterocycles. The molecule has 0 fully saturated rings. The van der Waals surface area contributed by atoms with E-state index in [1.807, 2.05) is 12.1 Å². The van der Waals surface area contributed by atoms with E-state index in [0.29, 0.717) is 6.54 Å². The Bertz CT molecular complexity index is 773. The van der Waals surface area contributed by atoms with Crippen LogP contribution >= 0.6 is 0 Å². The number of nitrogens with one attached hydrogen (secondary N) is 1. The second-order valence-electron chi connectivity index (χ2n) is 5.44. The number of carbonyl (C=O) groups is 2. The van der Waals surface area contributed by atoms with Gasteiger partial charge in [0.25, 0.3) is 5.91 Å². The van der Waals surface area contributed by atoms with Crippen LogP contribution in [0.5, 0.6) is 11.5 Å². The number of benzene rings is 2. The summed E-state index contributed by atoms with van der Waals surface area (Å²) in [6, 6.07) is 11.0. The molecular weight excluding hydrogens is 313 g/mol. The van der Waals surface area contributed by atoms with Gasteiger partial charge in [0.05, 0.1) is 19.1 Å². The van der Waals surface area contributed by atoms with Crippen LogP contribution in [-0.4, -0.2) is 24.9 Å². The summed E-state index contributed by atoms with van der Waals surface area (Å²) >= 11 is 0. The van der Waals surface area contributed by atoms with Crippen LogP contribution in [0, 0.1) is 5.82 Å². The summed E-state index contributed by atoms with van der Waals surface area (Å²) in [7, 11) is 1.58. The second-order valence-corrected chi connectivity index (χ2v) is 5.44. The van der Waals surface area contributed by atoms with Crippen molar-refractivity contribution in [1.29, 1.82) is 0 Å². The molecule has 3 rings (SSSR count). The summed E-state index contributed by atoms with van der Waals surface area (Å²) in [5.41, 5.74) is 1.07. The van der Waals surface area contributed by atoms with Crippen LogP contribution in [0.3, 0.4) is 0 Å². The van der Waals surface area contributed by atoms with Crippen molar-refractivity contribution in [2.24, 2.45) is 0 Å². The lowest BCUT2D eigenvalue weighted by Crippen LogP contribution is -2.41. The smallest absolute Gasteiger partial charge is 0.261 e. The Morgan fingerprint density at radius 3 is 2.75 bits per heavy atom. The highest BCUT2D eigenvalue weighted by molar-refractivity contribution is 6.03. The van der Waals surface area contributed by atoms with Crippen molar-refractivity contribution in [2.45, 2.75) is 19.1 Å². The van der Waals surface area contributed by atoms with Crippen molar-refractivity contribution in [1.82, 2.24) is 5.32 Å². The first-order chi connectivity index (χ1) is 11.6. The molecule has 1 amide bonds. The van der Waals surface area contributed by atoms with Crippen molar-refractivity contribution in [3.63, 3.8) is 0 Å². The minimum absolute atomic E-state index is 0.106. The molecule has 0 saturated carbocycles.